The molecule has 0 fully saturated rings. The fraction of sp³-hybridized carbons (Fsp3) is 0.571. The van der Waals surface area contributed by atoms with E-state index < -0.39 is 10.0 Å². The predicted molar refractivity (Wildman–Crippen MR) is 82.5 cm³/mol. The highest BCUT2D eigenvalue weighted by Gasteiger charge is 2.14. The van der Waals surface area contributed by atoms with Crippen molar-refractivity contribution < 1.29 is 23.0 Å². The van der Waals surface area contributed by atoms with Gasteiger partial charge in [-0.3, -0.25) is 4.72 Å². The van der Waals surface area contributed by atoms with Gasteiger partial charge >= 0.3 is 0 Å². The van der Waals surface area contributed by atoms with Crippen LogP contribution >= 0.6 is 0 Å². The number of benzene rings is 1. The largest absolute Gasteiger partial charge is 0.494 e. The summed E-state index contributed by atoms with van der Waals surface area (Å²) in [7, 11) is -3.48. The van der Waals surface area contributed by atoms with Crippen molar-refractivity contribution in [3.63, 3.8) is 0 Å². The molecule has 120 valence electrons. The third-order valence-corrected chi connectivity index (χ3v) is 4.01. The van der Waals surface area contributed by atoms with E-state index in [9.17, 15) is 8.42 Å². The lowest BCUT2D eigenvalue weighted by Gasteiger charge is -2.14. The second kappa shape index (κ2) is 8.74. The van der Waals surface area contributed by atoms with Gasteiger partial charge in [0, 0.05) is 12.7 Å². The van der Waals surface area contributed by atoms with E-state index in [1.165, 1.54) is 0 Å². The third-order valence-electron chi connectivity index (χ3n) is 2.65. The zero-order valence-electron chi connectivity index (χ0n) is 12.5. The minimum atomic E-state index is -3.48. The molecule has 0 atom stereocenters. The van der Waals surface area contributed by atoms with Crippen LogP contribution in [0.5, 0.6) is 11.5 Å². The number of sulfonamides is 1. The van der Waals surface area contributed by atoms with Crippen LogP contribution in [0.25, 0.3) is 0 Å². The molecule has 0 heterocycles. The minimum Gasteiger partial charge on any atom is -0.494 e. The number of ether oxygens (including phenoxy) is 2. The third kappa shape index (κ3) is 6.22. The molecular weight excluding hydrogens is 294 g/mol. The Morgan fingerprint density at radius 3 is 2.48 bits per heavy atom. The first-order chi connectivity index (χ1) is 10.0. The summed E-state index contributed by atoms with van der Waals surface area (Å²) < 4.78 is 37.3. The van der Waals surface area contributed by atoms with Crippen molar-refractivity contribution in [2.24, 2.45) is 0 Å². The number of rotatable bonds is 10. The highest BCUT2D eigenvalue weighted by atomic mass is 32.2. The second-order valence-electron chi connectivity index (χ2n) is 4.38. The smallest absolute Gasteiger partial charge is 0.232 e. The Labute approximate surface area is 126 Å². The topological polar surface area (TPSA) is 84.9 Å². The van der Waals surface area contributed by atoms with Gasteiger partial charge in [0.15, 0.2) is 0 Å². The van der Waals surface area contributed by atoms with Crippen LogP contribution in [0.2, 0.25) is 0 Å². The van der Waals surface area contributed by atoms with Crippen molar-refractivity contribution in [1.82, 2.24) is 0 Å². The summed E-state index contributed by atoms with van der Waals surface area (Å²) in [5.41, 5.74) is 0.367. The van der Waals surface area contributed by atoms with Crippen molar-refractivity contribution in [2.75, 3.05) is 30.3 Å². The van der Waals surface area contributed by atoms with Crippen LogP contribution in [0.4, 0.5) is 5.69 Å². The lowest BCUT2D eigenvalue weighted by Crippen LogP contribution is -2.17. The molecule has 0 aliphatic rings. The van der Waals surface area contributed by atoms with Crippen molar-refractivity contribution in [3.05, 3.63) is 18.2 Å². The molecule has 0 saturated carbocycles. The van der Waals surface area contributed by atoms with Gasteiger partial charge in [-0.25, -0.2) is 8.42 Å². The van der Waals surface area contributed by atoms with E-state index in [4.69, 9.17) is 14.6 Å². The number of hydrogen-bond donors (Lipinski definition) is 2. The number of unbranched alkanes of at least 4 members (excludes halogenated alkanes) is 1. The molecule has 1 aromatic rings. The standard InChI is InChI=1S/C14H23NO5S/c1-3-19-12-7-8-14(20-4-2)13(11-12)15-21(17,18)10-6-5-9-16/h7-8,11,15-16H,3-6,9-10H2,1-2H3. The van der Waals surface area contributed by atoms with Crippen molar-refractivity contribution in [2.45, 2.75) is 26.7 Å². The summed E-state index contributed by atoms with van der Waals surface area (Å²) in [4.78, 5) is 0. The molecule has 1 aromatic carbocycles. The maximum Gasteiger partial charge on any atom is 0.232 e. The van der Waals surface area contributed by atoms with Crippen LogP contribution in [0.15, 0.2) is 18.2 Å². The van der Waals surface area contributed by atoms with Gasteiger partial charge < -0.3 is 14.6 Å². The molecule has 0 radical (unpaired) electrons. The molecule has 0 bridgehead atoms. The van der Waals surface area contributed by atoms with E-state index in [-0.39, 0.29) is 12.4 Å². The van der Waals surface area contributed by atoms with E-state index in [2.05, 4.69) is 4.72 Å². The minimum absolute atomic E-state index is 0.0143. The molecule has 0 aliphatic carbocycles. The summed E-state index contributed by atoms with van der Waals surface area (Å²) in [5, 5.41) is 8.71. The summed E-state index contributed by atoms with van der Waals surface area (Å²) in [5.74, 6) is 0.999. The maximum absolute atomic E-state index is 12.0. The Bertz CT molecular complexity index is 530. The van der Waals surface area contributed by atoms with E-state index in [1.54, 1.807) is 18.2 Å². The van der Waals surface area contributed by atoms with Crippen LogP contribution in [-0.4, -0.2) is 39.1 Å². The van der Waals surface area contributed by atoms with Gasteiger partial charge in [-0.2, -0.15) is 0 Å². The zero-order chi connectivity index (χ0) is 15.7. The highest BCUT2D eigenvalue weighted by molar-refractivity contribution is 7.92. The molecular formula is C14H23NO5S. The Balaban J connectivity index is 2.89. The fourth-order valence-corrected chi connectivity index (χ4v) is 2.93. The Morgan fingerprint density at radius 2 is 1.86 bits per heavy atom. The lowest BCUT2D eigenvalue weighted by molar-refractivity contribution is 0.287. The molecule has 0 aromatic heterocycles. The first-order valence-electron chi connectivity index (χ1n) is 7.03. The molecule has 2 N–H and O–H groups in total. The number of anilines is 1. The van der Waals surface area contributed by atoms with Crippen LogP contribution in [0.1, 0.15) is 26.7 Å². The average molecular weight is 317 g/mol. The van der Waals surface area contributed by atoms with Gasteiger partial charge in [-0.1, -0.05) is 0 Å². The monoisotopic (exact) mass is 317 g/mol. The first kappa shape index (κ1) is 17.6. The lowest BCUT2D eigenvalue weighted by atomic mass is 10.3. The number of nitrogens with one attached hydrogen (secondary N) is 1. The van der Waals surface area contributed by atoms with Gasteiger partial charge in [-0.15, -0.1) is 0 Å². The van der Waals surface area contributed by atoms with Crippen LogP contribution in [0.3, 0.4) is 0 Å². The second-order valence-corrected chi connectivity index (χ2v) is 6.22. The first-order valence-corrected chi connectivity index (χ1v) is 8.68. The van der Waals surface area contributed by atoms with Crippen LogP contribution < -0.4 is 14.2 Å². The van der Waals surface area contributed by atoms with Gasteiger partial charge in [0.2, 0.25) is 10.0 Å². The van der Waals surface area contributed by atoms with E-state index in [0.717, 1.165) is 0 Å². The van der Waals surface area contributed by atoms with Crippen LogP contribution in [0, 0.1) is 0 Å². The molecule has 1 rings (SSSR count). The number of aliphatic hydroxyl groups is 1. The van der Waals surface area contributed by atoms with Crippen molar-refractivity contribution >= 4 is 15.7 Å². The molecule has 0 spiro atoms. The molecule has 21 heavy (non-hydrogen) atoms. The van der Waals surface area contributed by atoms with Gasteiger partial charge in [0.1, 0.15) is 11.5 Å². The van der Waals surface area contributed by atoms with Crippen molar-refractivity contribution in [3.8, 4) is 11.5 Å². The number of aliphatic hydroxyl groups excluding tert-OH is 1. The zero-order valence-corrected chi connectivity index (χ0v) is 13.3. The average Bonchev–Trinajstić information content (AvgIpc) is 2.42. The Morgan fingerprint density at radius 1 is 1.14 bits per heavy atom. The summed E-state index contributed by atoms with van der Waals surface area (Å²) in [6, 6.07) is 5.02. The number of hydrogen-bond acceptors (Lipinski definition) is 5. The molecule has 7 heteroatoms. The highest BCUT2D eigenvalue weighted by Crippen LogP contribution is 2.30. The molecule has 0 amide bonds. The molecule has 6 nitrogen and oxygen atoms in total. The summed E-state index contributed by atoms with van der Waals surface area (Å²) in [6.45, 7) is 4.61. The van der Waals surface area contributed by atoms with Gasteiger partial charge in [-0.05, 0) is 38.8 Å². The molecule has 0 aliphatic heterocycles. The Kier molecular flexibility index (Phi) is 7.31. The van der Waals surface area contributed by atoms with Gasteiger partial charge in [0.25, 0.3) is 0 Å². The summed E-state index contributed by atoms with van der Waals surface area (Å²) in [6.07, 6.45) is 0.860. The normalized spacial score (nSPS) is 11.2. The Hall–Kier alpha value is -1.47. The molecule has 0 unspecified atom stereocenters. The van der Waals surface area contributed by atoms with E-state index in [1.807, 2.05) is 13.8 Å². The predicted octanol–water partition coefficient (Wildman–Crippen LogP) is 2.00. The van der Waals surface area contributed by atoms with E-state index in [0.29, 0.717) is 43.2 Å². The van der Waals surface area contributed by atoms with Crippen LogP contribution in [-0.2, 0) is 10.0 Å². The van der Waals surface area contributed by atoms with Gasteiger partial charge in [0.05, 0.1) is 24.7 Å². The molecule has 0 saturated heterocycles. The van der Waals surface area contributed by atoms with Crippen molar-refractivity contribution in [1.29, 1.82) is 0 Å². The fourth-order valence-electron chi connectivity index (χ4n) is 1.75. The summed E-state index contributed by atoms with van der Waals surface area (Å²) >= 11 is 0. The van der Waals surface area contributed by atoms with E-state index >= 15 is 0 Å². The quantitative estimate of drug-likeness (QED) is 0.645. The SMILES string of the molecule is CCOc1ccc(OCC)c(NS(=O)(=O)CCCCO)c1. The maximum atomic E-state index is 12.0.